The lowest BCUT2D eigenvalue weighted by Gasteiger charge is -2.25. The molecule has 0 aliphatic heterocycles. The fraction of sp³-hybridized carbons (Fsp3) is 0.308. The first kappa shape index (κ1) is 12.3. The molecule has 0 saturated heterocycles. The zero-order valence-electron chi connectivity index (χ0n) is 9.60. The zero-order valence-corrected chi connectivity index (χ0v) is 9.60. The van der Waals surface area contributed by atoms with Crippen molar-refractivity contribution >= 4 is 5.97 Å². The highest BCUT2D eigenvalue weighted by molar-refractivity contribution is 5.79. The molecule has 0 saturated carbocycles. The van der Waals surface area contributed by atoms with Crippen LogP contribution in [-0.4, -0.2) is 17.6 Å². The summed E-state index contributed by atoms with van der Waals surface area (Å²) in [6, 6.07) is 10.1. The third kappa shape index (κ3) is 3.77. The first-order valence-corrected chi connectivity index (χ1v) is 5.21. The van der Waals surface area contributed by atoms with E-state index in [4.69, 9.17) is 5.11 Å². The molecule has 1 rings (SSSR count). The van der Waals surface area contributed by atoms with E-state index in [0.29, 0.717) is 6.54 Å². The molecule has 0 atom stereocenters. The lowest BCUT2D eigenvalue weighted by atomic mass is 9.85. The second-order valence-electron chi connectivity index (χ2n) is 4.30. The third-order valence-electron chi connectivity index (χ3n) is 2.44. The van der Waals surface area contributed by atoms with Gasteiger partial charge in [-0.1, -0.05) is 44.2 Å². The van der Waals surface area contributed by atoms with Crippen LogP contribution < -0.4 is 5.32 Å². The molecular formula is C13H17NO2. The minimum absolute atomic E-state index is 0.0237. The maximum absolute atomic E-state index is 10.3. The Morgan fingerprint density at radius 1 is 1.38 bits per heavy atom. The number of aliphatic carboxylic acids is 1. The summed E-state index contributed by atoms with van der Waals surface area (Å²) in [5.41, 5.74) is 1.20. The fourth-order valence-corrected chi connectivity index (χ4v) is 1.44. The Morgan fingerprint density at radius 2 is 2.00 bits per heavy atom. The normalized spacial score (nSPS) is 11.6. The molecule has 1 aromatic carbocycles. The van der Waals surface area contributed by atoms with Gasteiger partial charge in [0.25, 0.3) is 0 Å². The molecule has 16 heavy (non-hydrogen) atoms. The molecule has 86 valence electrons. The predicted molar refractivity (Wildman–Crippen MR) is 64.2 cm³/mol. The van der Waals surface area contributed by atoms with E-state index in [2.05, 4.69) is 31.3 Å². The van der Waals surface area contributed by atoms with Crippen molar-refractivity contribution in [3.63, 3.8) is 0 Å². The van der Waals surface area contributed by atoms with E-state index in [1.165, 1.54) is 11.8 Å². The molecule has 0 aromatic heterocycles. The van der Waals surface area contributed by atoms with Crippen LogP contribution in [0.2, 0.25) is 0 Å². The summed E-state index contributed by atoms with van der Waals surface area (Å²) in [6.45, 7) is 4.93. The Kier molecular flexibility index (Phi) is 4.11. The molecule has 0 fully saturated rings. The van der Waals surface area contributed by atoms with E-state index >= 15 is 0 Å². The molecule has 1 aromatic rings. The van der Waals surface area contributed by atoms with Crippen molar-refractivity contribution in [3.8, 4) is 0 Å². The molecule has 0 spiro atoms. The molecule has 3 nitrogen and oxygen atoms in total. The quantitative estimate of drug-likeness (QED) is 0.746. The molecule has 0 amide bonds. The van der Waals surface area contributed by atoms with Crippen molar-refractivity contribution in [2.24, 2.45) is 0 Å². The lowest BCUT2D eigenvalue weighted by molar-refractivity contribution is -0.131. The van der Waals surface area contributed by atoms with Crippen molar-refractivity contribution in [2.75, 3.05) is 6.54 Å². The van der Waals surface area contributed by atoms with Crippen LogP contribution in [0.5, 0.6) is 0 Å². The van der Waals surface area contributed by atoms with Gasteiger partial charge in [-0.15, -0.1) is 0 Å². The van der Waals surface area contributed by atoms with Gasteiger partial charge in [-0.25, -0.2) is 4.79 Å². The van der Waals surface area contributed by atoms with Gasteiger partial charge in [-0.3, -0.25) is 0 Å². The van der Waals surface area contributed by atoms with Crippen molar-refractivity contribution in [2.45, 2.75) is 19.3 Å². The summed E-state index contributed by atoms with van der Waals surface area (Å²) in [7, 11) is 0. The summed E-state index contributed by atoms with van der Waals surface area (Å²) in [6.07, 6.45) is 2.56. The number of carboxylic acids is 1. The summed E-state index contributed by atoms with van der Waals surface area (Å²) in [4.78, 5) is 10.3. The number of hydrogen-bond donors (Lipinski definition) is 2. The largest absolute Gasteiger partial charge is 0.478 e. The van der Waals surface area contributed by atoms with Gasteiger partial charge in [-0.2, -0.15) is 0 Å². The summed E-state index contributed by atoms with van der Waals surface area (Å²) in [5, 5.41) is 11.4. The van der Waals surface area contributed by atoms with E-state index in [0.717, 1.165) is 6.08 Å². The van der Waals surface area contributed by atoms with Crippen molar-refractivity contribution < 1.29 is 9.90 Å². The topological polar surface area (TPSA) is 49.3 Å². The van der Waals surface area contributed by atoms with E-state index in [9.17, 15) is 4.79 Å². The standard InChI is InChI=1S/C13H17NO2/c1-13(2,10-14-9-8-12(15)16)11-6-4-3-5-7-11/h3-9,14H,10H2,1-2H3,(H,15,16)/b9-8+. The van der Waals surface area contributed by atoms with Gasteiger partial charge in [0.2, 0.25) is 0 Å². The monoisotopic (exact) mass is 219 g/mol. The minimum atomic E-state index is -0.940. The molecule has 0 bridgehead atoms. The molecule has 0 radical (unpaired) electrons. The highest BCUT2D eigenvalue weighted by atomic mass is 16.4. The number of carboxylic acid groups (broad SMARTS) is 1. The molecule has 0 aliphatic carbocycles. The molecule has 0 aliphatic rings. The molecule has 2 N–H and O–H groups in total. The van der Waals surface area contributed by atoms with Crippen LogP contribution >= 0.6 is 0 Å². The number of benzene rings is 1. The highest BCUT2D eigenvalue weighted by Gasteiger charge is 2.18. The smallest absolute Gasteiger partial charge is 0.329 e. The minimum Gasteiger partial charge on any atom is -0.478 e. The summed E-state index contributed by atoms with van der Waals surface area (Å²) in [5.74, 6) is -0.940. The van der Waals surface area contributed by atoms with Crippen LogP contribution in [0.25, 0.3) is 0 Å². The van der Waals surface area contributed by atoms with Crippen LogP contribution in [0, 0.1) is 0 Å². The van der Waals surface area contributed by atoms with E-state index in [-0.39, 0.29) is 5.41 Å². The molecular weight excluding hydrogens is 202 g/mol. The SMILES string of the molecule is CC(C)(CN/C=C/C(=O)O)c1ccccc1. The summed E-state index contributed by atoms with van der Waals surface area (Å²) < 4.78 is 0. The van der Waals surface area contributed by atoms with Gasteiger partial charge >= 0.3 is 5.97 Å². The van der Waals surface area contributed by atoms with Gasteiger partial charge < -0.3 is 10.4 Å². The fourth-order valence-electron chi connectivity index (χ4n) is 1.44. The van der Waals surface area contributed by atoms with Gasteiger partial charge in [0.15, 0.2) is 0 Å². The number of carbonyl (C=O) groups is 1. The third-order valence-corrected chi connectivity index (χ3v) is 2.44. The van der Waals surface area contributed by atoms with Crippen LogP contribution in [0.1, 0.15) is 19.4 Å². The molecule has 3 heteroatoms. The van der Waals surface area contributed by atoms with Crippen LogP contribution in [-0.2, 0) is 10.2 Å². The Bertz CT molecular complexity index is 369. The lowest BCUT2D eigenvalue weighted by Crippen LogP contribution is -2.30. The Labute approximate surface area is 95.8 Å². The number of nitrogens with one attached hydrogen (secondary N) is 1. The van der Waals surface area contributed by atoms with Gasteiger partial charge in [-0.05, 0) is 5.56 Å². The van der Waals surface area contributed by atoms with Crippen molar-refractivity contribution in [1.82, 2.24) is 5.32 Å². The van der Waals surface area contributed by atoms with Crippen molar-refractivity contribution in [1.29, 1.82) is 0 Å². The highest BCUT2D eigenvalue weighted by Crippen LogP contribution is 2.21. The first-order valence-electron chi connectivity index (χ1n) is 5.21. The van der Waals surface area contributed by atoms with E-state index in [1.807, 2.05) is 18.2 Å². The maximum atomic E-state index is 10.3. The number of hydrogen-bond acceptors (Lipinski definition) is 2. The molecule has 0 unspecified atom stereocenters. The predicted octanol–water partition coefficient (Wildman–Crippen LogP) is 2.15. The van der Waals surface area contributed by atoms with E-state index < -0.39 is 5.97 Å². The average molecular weight is 219 g/mol. The van der Waals surface area contributed by atoms with E-state index in [1.54, 1.807) is 0 Å². The number of rotatable bonds is 5. The zero-order chi connectivity index (χ0) is 12.0. The van der Waals surface area contributed by atoms with Crippen molar-refractivity contribution in [3.05, 3.63) is 48.2 Å². The van der Waals surface area contributed by atoms with Gasteiger partial charge in [0, 0.05) is 24.2 Å². The Balaban J connectivity index is 2.56. The van der Waals surface area contributed by atoms with Gasteiger partial charge in [0.1, 0.15) is 0 Å². The van der Waals surface area contributed by atoms with Crippen LogP contribution in [0.15, 0.2) is 42.6 Å². The first-order chi connectivity index (χ1) is 7.52. The second-order valence-corrected chi connectivity index (χ2v) is 4.30. The average Bonchev–Trinajstić information content (AvgIpc) is 2.26. The van der Waals surface area contributed by atoms with Crippen LogP contribution in [0.4, 0.5) is 0 Å². The molecule has 0 heterocycles. The summed E-state index contributed by atoms with van der Waals surface area (Å²) >= 11 is 0. The Hall–Kier alpha value is -1.77. The van der Waals surface area contributed by atoms with Crippen LogP contribution in [0.3, 0.4) is 0 Å². The Morgan fingerprint density at radius 3 is 2.56 bits per heavy atom. The maximum Gasteiger partial charge on any atom is 0.329 e. The second kappa shape index (κ2) is 5.35. The van der Waals surface area contributed by atoms with Gasteiger partial charge in [0.05, 0.1) is 0 Å².